The highest BCUT2D eigenvalue weighted by molar-refractivity contribution is 6.31. The van der Waals surface area contributed by atoms with Crippen LogP contribution in [0.3, 0.4) is 0 Å². The van der Waals surface area contributed by atoms with Gasteiger partial charge in [0.15, 0.2) is 5.78 Å². The number of carbonyl (C=O) groups excluding carboxylic acids is 1. The quantitative estimate of drug-likeness (QED) is 0.864. The van der Waals surface area contributed by atoms with Crippen molar-refractivity contribution in [3.05, 3.63) is 58.6 Å². The van der Waals surface area contributed by atoms with Crippen molar-refractivity contribution in [2.75, 3.05) is 0 Å². The molecule has 0 amide bonds. The molecule has 0 spiro atoms. The summed E-state index contributed by atoms with van der Waals surface area (Å²) in [5.41, 5.74) is 2.13. The van der Waals surface area contributed by atoms with E-state index in [4.69, 9.17) is 16.7 Å². The molecule has 2 aromatic carbocycles. The average Bonchev–Trinajstić information content (AvgIpc) is 2.38. The number of carbonyl (C=O) groups is 2. The molecule has 1 N–H and O–H groups in total. The van der Waals surface area contributed by atoms with Gasteiger partial charge in [0.1, 0.15) is 0 Å². The van der Waals surface area contributed by atoms with Crippen LogP contribution in [0.4, 0.5) is 0 Å². The van der Waals surface area contributed by atoms with E-state index in [0.29, 0.717) is 16.1 Å². The van der Waals surface area contributed by atoms with Crippen LogP contribution in [0.5, 0.6) is 0 Å². The van der Waals surface area contributed by atoms with Crippen LogP contribution in [0.15, 0.2) is 42.5 Å². The average molecular weight is 275 g/mol. The number of ketones is 1. The summed E-state index contributed by atoms with van der Waals surface area (Å²) in [6.45, 7) is 1.49. The van der Waals surface area contributed by atoms with E-state index >= 15 is 0 Å². The van der Waals surface area contributed by atoms with E-state index in [9.17, 15) is 9.59 Å². The van der Waals surface area contributed by atoms with Gasteiger partial charge in [0, 0.05) is 10.6 Å². The fraction of sp³-hybridized carbons (Fsp3) is 0.0667. The first-order valence-electron chi connectivity index (χ1n) is 5.62. The summed E-state index contributed by atoms with van der Waals surface area (Å²) in [4.78, 5) is 22.3. The van der Waals surface area contributed by atoms with Crippen molar-refractivity contribution < 1.29 is 14.7 Å². The SMILES string of the molecule is CC(=O)c1cccc(-c2cc(Cl)cc(C(=O)O)c2)c1. The monoisotopic (exact) mass is 274 g/mol. The van der Waals surface area contributed by atoms with Gasteiger partial charge in [-0.3, -0.25) is 4.79 Å². The molecule has 0 atom stereocenters. The molecule has 96 valence electrons. The summed E-state index contributed by atoms with van der Waals surface area (Å²) >= 11 is 5.92. The number of rotatable bonds is 3. The zero-order chi connectivity index (χ0) is 14.0. The molecule has 2 rings (SSSR count). The van der Waals surface area contributed by atoms with Crippen molar-refractivity contribution in [2.45, 2.75) is 6.92 Å². The van der Waals surface area contributed by atoms with E-state index in [1.54, 1.807) is 24.3 Å². The van der Waals surface area contributed by atoms with Crippen LogP contribution >= 0.6 is 11.6 Å². The van der Waals surface area contributed by atoms with E-state index in [-0.39, 0.29) is 11.3 Å². The summed E-state index contributed by atoms with van der Waals surface area (Å²) in [6.07, 6.45) is 0. The molecule has 3 nitrogen and oxygen atoms in total. The Kier molecular flexibility index (Phi) is 3.67. The van der Waals surface area contributed by atoms with Crippen molar-refractivity contribution in [1.82, 2.24) is 0 Å². The summed E-state index contributed by atoms with van der Waals surface area (Å²) in [6, 6.07) is 11.6. The van der Waals surface area contributed by atoms with Crippen molar-refractivity contribution in [1.29, 1.82) is 0 Å². The van der Waals surface area contributed by atoms with E-state index < -0.39 is 5.97 Å². The van der Waals surface area contributed by atoms with E-state index in [1.165, 1.54) is 19.1 Å². The second-order valence-corrected chi connectivity index (χ2v) is 4.61. The number of Topliss-reactive ketones (excluding diaryl/α,β-unsaturated/α-hetero) is 1. The van der Waals surface area contributed by atoms with Gasteiger partial charge in [-0.2, -0.15) is 0 Å². The molecule has 0 heterocycles. The second kappa shape index (κ2) is 5.24. The number of carboxylic acids is 1. The topological polar surface area (TPSA) is 54.4 Å². The van der Waals surface area contributed by atoms with Gasteiger partial charge >= 0.3 is 5.97 Å². The van der Waals surface area contributed by atoms with Crippen LogP contribution in [0.1, 0.15) is 27.6 Å². The molecule has 0 fully saturated rings. The Balaban J connectivity index is 2.55. The largest absolute Gasteiger partial charge is 0.478 e. The first kappa shape index (κ1) is 13.3. The van der Waals surface area contributed by atoms with Gasteiger partial charge in [-0.05, 0) is 42.3 Å². The maximum absolute atomic E-state index is 11.4. The van der Waals surface area contributed by atoms with Crippen LogP contribution in [0.25, 0.3) is 11.1 Å². The van der Waals surface area contributed by atoms with Gasteiger partial charge < -0.3 is 5.11 Å². The molecule has 0 bridgehead atoms. The molecule has 4 heteroatoms. The number of halogens is 1. The number of benzene rings is 2. The van der Waals surface area contributed by atoms with Gasteiger partial charge in [0.25, 0.3) is 0 Å². The third-order valence-corrected chi connectivity index (χ3v) is 2.97. The van der Waals surface area contributed by atoms with Crippen molar-refractivity contribution in [3.8, 4) is 11.1 Å². The third-order valence-electron chi connectivity index (χ3n) is 2.75. The molecule has 0 radical (unpaired) electrons. The molecule has 0 saturated heterocycles. The van der Waals surface area contributed by atoms with Gasteiger partial charge in [-0.1, -0.05) is 29.8 Å². The maximum atomic E-state index is 11.4. The van der Waals surface area contributed by atoms with Crippen LogP contribution in [0.2, 0.25) is 5.02 Å². The van der Waals surface area contributed by atoms with Crippen LogP contribution in [0, 0.1) is 0 Å². The lowest BCUT2D eigenvalue weighted by atomic mass is 10.00. The van der Waals surface area contributed by atoms with Crippen LogP contribution in [-0.2, 0) is 0 Å². The fourth-order valence-corrected chi connectivity index (χ4v) is 2.03. The molecule has 0 unspecified atom stereocenters. The summed E-state index contributed by atoms with van der Waals surface area (Å²) in [7, 11) is 0. The molecule has 19 heavy (non-hydrogen) atoms. The minimum Gasteiger partial charge on any atom is -0.478 e. The second-order valence-electron chi connectivity index (χ2n) is 4.17. The molecule has 0 saturated carbocycles. The van der Waals surface area contributed by atoms with Crippen molar-refractivity contribution in [2.24, 2.45) is 0 Å². The third kappa shape index (κ3) is 3.01. The van der Waals surface area contributed by atoms with Crippen molar-refractivity contribution >= 4 is 23.4 Å². The number of hydrogen-bond acceptors (Lipinski definition) is 2. The van der Waals surface area contributed by atoms with Gasteiger partial charge in [0.05, 0.1) is 5.56 Å². The van der Waals surface area contributed by atoms with Gasteiger partial charge in [0.2, 0.25) is 0 Å². The number of hydrogen-bond donors (Lipinski definition) is 1. The summed E-state index contributed by atoms with van der Waals surface area (Å²) in [5.74, 6) is -1.08. The Morgan fingerprint density at radius 1 is 1.00 bits per heavy atom. The standard InChI is InChI=1S/C15H11ClO3/c1-9(17)10-3-2-4-11(5-10)12-6-13(15(18)19)8-14(16)7-12/h2-8H,1H3,(H,18,19). The lowest BCUT2D eigenvalue weighted by molar-refractivity contribution is 0.0696. The predicted octanol–water partition coefficient (Wildman–Crippen LogP) is 3.91. The van der Waals surface area contributed by atoms with Crippen molar-refractivity contribution in [3.63, 3.8) is 0 Å². The highest BCUT2D eigenvalue weighted by Crippen LogP contribution is 2.25. The van der Waals surface area contributed by atoms with Gasteiger partial charge in [-0.25, -0.2) is 4.79 Å². The molecule has 2 aromatic rings. The Hall–Kier alpha value is -2.13. The molecule has 0 aromatic heterocycles. The molecule has 0 aliphatic rings. The predicted molar refractivity (Wildman–Crippen MR) is 73.9 cm³/mol. The van der Waals surface area contributed by atoms with E-state index in [0.717, 1.165) is 5.56 Å². The molecular weight excluding hydrogens is 264 g/mol. The van der Waals surface area contributed by atoms with Crippen LogP contribution < -0.4 is 0 Å². The lowest BCUT2D eigenvalue weighted by Gasteiger charge is -2.06. The zero-order valence-corrected chi connectivity index (χ0v) is 10.9. The Bertz CT molecular complexity index is 662. The highest BCUT2D eigenvalue weighted by atomic mass is 35.5. The van der Waals surface area contributed by atoms with E-state index in [1.807, 2.05) is 6.07 Å². The normalized spacial score (nSPS) is 10.2. The Labute approximate surface area is 115 Å². The summed E-state index contributed by atoms with van der Waals surface area (Å²) < 4.78 is 0. The highest BCUT2D eigenvalue weighted by Gasteiger charge is 2.09. The maximum Gasteiger partial charge on any atom is 0.335 e. The zero-order valence-electron chi connectivity index (χ0n) is 10.2. The molecule has 0 aliphatic carbocycles. The summed E-state index contributed by atoms with van der Waals surface area (Å²) in [5, 5.41) is 9.36. The van der Waals surface area contributed by atoms with Gasteiger partial charge in [-0.15, -0.1) is 0 Å². The first-order chi connectivity index (χ1) is 8.97. The number of aromatic carboxylic acids is 1. The molecular formula is C15H11ClO3. The molecule has 0 aliphatic heterocycles. The van der Waals surface area contributed by atoms with Crippen LogP contribution in [-0.4, -0.2) is 16.9 Å². The number of carboxylic acid groups (broad SMARTS) is 1. The fourth-order valence-electron chi connectivity index (χ4n) is 1.80. The smallest absolute Gasteiger partial charge is 0.335 e. The minimum absolute atomic E-state index is 0.0395. The minimum atomic E-state index is -1.04. The first-order valence-corrected chi connectivity index (χ1v) is 6.00. The Morgan fingerprint density at radius 2 is 1.68 bits per heavy atom. The lowest BCUT2D eigenvalue weighted by Crippen LogP contribution is -1.97. The van der Waals surface area contributed by atoms with E-state index in [2.05, 4.69) is 0 Å². The Morgan fingerprint density at radius 3 is 2.32 bits per heavy atom.